The molecule has 2 aromatic rings. The van der Waals surface area contributed by atoms with Crippen molar-refractivity contribution >= 4 is 17.7 Å². The molecule has 6 heteroatoms. The summed E-state index contributed by atoms with van der Waals surface area (Å²) < 4.78 is 5.21. The summed E-state index contributed by atoms with van der Waals surface area (Å²) in [7, 11) is 0. The maximum Gasteiger partial charge on any atom is 0.252 e. The van der Waals surface area contributed by atoms with Crippen LogP contribution in [0.25, 0.3) is 0 Å². The summed E-state index contributed by atoms with van der Waals surface area (Å²) in [5.74, 6) is 1.58. The second kappa shape index (κ2) is 7.85. The van der Waals surface area contributed by atoms with Gasteiger partial charge in [-0.1, -0.05) is 17.3 Å². The van der Waals surface area contributed by atoms with Crippen molar-refractivity contribution in [2.45, 2.75) is 43.4 Å². The zero-order valence-corrected chi connectivity index (χ0v) is 14.9. The first-order valence-corrected chi connectivity index (χ1v) is 9.29. The standard InChI is InChI=1S/C18H23N3O2S/c1-12-16(13(2)23-21-12)11-24-17-8-4-3-7-15(17)18(22)20-10-14-6-5-9-19-14/h3-4,7-8,14,19H,5-6,9-11H2,1-2H3,(H,20,22). The monoisotopic (exact) mass is 345 g/mol. The smallest absolute Gasteiger partial charge is 0.252 e. The highest BCUT2D eigenvalue weighted by Gasteiger charge is 2.17. The van der Waals surface area contributed by atoms with Crippen LogP contribution in [0.4, 0.5) is 0 Å². The Morgan fingerprint density at radius 2 is 2.25 bits per heavy atom. The Morgan fingerprint density at radius 1 is 1.42 bits per heavy atom. The Bertz CT molecular complexity index is 689. The molecule has 1 aromatic heterocycles. The normalized spacial score (nSPS) is 17.2. The summed E-state index contributed by atoms with van der Waals surface area (Å²) >= 11 is 1.64. The lowest BCUT2D eigenvalue weighted by atomic mass is 10.2. The van der Waals surface area contributed by atoms with Gasteiger partial charge in [-0.25, -0.2) is 0 Å². The molecular formula is C18H23N3O2S. The molecule has 0 saturated carbocycles. The second-order valence-corrected chi connectivity index (χ2v) is 7.11. The van der Waals surface area contributed by atoms with E-state index >= 15 is 0 Å². The van der Waals surface area contributed by atoms with Crippen LogP contribution >= 0.6 is 11.8 Å². The molecule has 0 radical (unpaired) electrons. The van der Waals surface area contributed by atoms with Crippen LogP contribution in [-0.2, 0) is 5.75 Å². The third-order valence-corrected chi connectivity index (χ3v) is 5.46. The number of hydrogen-bond donors (Lipinski definition) is 2. The van der Waals surface area contributed by atoms with E-state index in [9.17, 15) is 4.79 Å². The molecule has 1 fully saturated rings. The Balaban J connectivity index is 1.64. The van der Waals surface area contributed by atoms with Gasteiger partial charge in [0, 0.05) is 28.8 Å². The average molecular weight is 345 g/mol. The van der Waals surface area contributed by atoms with Crippen LogP contribution in [0.2, 0.25) is 0 Å². The summed E-state index contributed by atoms with van der Waals surface area (Å²) in [4.78, 5) is 13.5. The fourth-order valence-corrected chi connectivity index (χ4v) is 4.08. The molecule has 1 amide bonds. The average Bonchev–Trinajstić information content (AvgIpc) is 3.22. The number of aromatic nitrogens is 1. The van der Waals surface area contributed by atoms with Gasteiger partial charge in [0.2, 0.25) is 0 Å². The van der Waals surface area contributed by atoms with Crippen LogP contribution in [0.5, 0.6) is 0 Å². The molecule has 5 nitrogen and oxygen atoms in total. The third-order valence-electron chi connectivity index (χ3n) is 4.36. The van der Waals surface area contributed by atoms with Crippen LogP contribution in [-0.4, -0.2) is 30.2 Å². The molecule has 1 aromatic carbocycles. The van der Waals surface area contributed by atoms with Gasteiger partial charge < -0.3 is 15.2 Å². The number of carbonyl (C=O) groups is 1. The number of benzene rings is 1. The van der Waals surface area contributed by atoms with Gasteiger partial charge in [-0.3, -0.25) is 4.79 Å². The van der Waals surface area contributed by atoms with Crippen molar-refractivity contribution in [3.8, 4) is 0 Å². The lowest BCUT2D eigenvalue weighted by Gasteiger charge is -2.13. The quantitative estimate of drug-likeness (QED) is 0.788. The number of nitrogens with one attached hydrogen (secondary N) is 2. The zero-order valence-electron chi connectivity index (χ0n) is 14.1. The van der Waals surface area contributed by atoms with Gasteiger partial charge in [0.15, 0.2) is 0 Å². The van der Waals surface area contributed by atoms with Gasteiger partial charge in [0.25, 0.3) is 5.91 Å². The summed E-state index contributed by atoms with van der Waals surface area (Å²) in [5.41, 5.74) is 2.74. The molecule has 24 heavy (non-hydrogen) atoms. The highest BCUT2D eigenvalue weighted by Crippen LogP contribution is 2.28. The second-order valence-electron chi connectivity index (χ2n) is 6.09. The van der Waals surface area contributed by atoms with Crippen molar-refractivity contribution in [3.63, 3.8) is 0 Å². The van der Waals surface area contributed by atoms with Gasteiger partial charge >= 0.3 is 0 Å². The van der Waals surface area contributed by atoms with Crippen molar-refractivity contribution in [1.29, 1.82) is 0 Å². The minimum Gasteiger partial charge on any atom is -0.361 e. The van der Waals surface area contributed by atoms with Crippen LogP contribution in [0.3, 0.4) is 0 Å². The maximum absolute atomic E-state index is 12.5. The molecular weight excluding hydrogens is 322 g/mol. The SMILES string of the molecule is Cc1noc(C)c1CSc1ccccc1C(=O)NCC1CCCN1. The van der Waals surface area contributed by atoms with E-state index in [4.69, 9.17) is 4.52 Å². The van der Waals surface area contributed by atoms with Crippen molar-refractivity contribution in [2.24, 2.45) is 0 Å². The molecule has 1 saturated heterocycles. The maximum atomic E-state index is 12.5. The third kappa shape index (κ3) is 3.99. The Kier molecular flexibility index (Phi) is 5.58. The lowest BCUT2D eigenvalue weighted by Crippen LogP contribution is -2.37. The first-order chi connectivity index (χ1) is 11.6. The van der Waals surface area contributed by atoms with Gasteiger partial charge in [-0.15, -0.1) is 11.8 Å². The minimum absolute atomic E-state index is 0.00874. The molecule has 0 spiro atoms. The summed E-state index contributed by atoms with van der Waals surface area (Å²) in [6.45, 7) is 5.59. The number of nitrogens with zero attached hydrogens (tertiary/aromatic N) is 1. The largest absolute Gasteiger partial charge is 0.361 e. The van der Waals surface area contributed by atoms with Gasteiger partial charge in [-0.05, 0) is 45.4 Å². The van der Waals surface area contributed by atoms with Crippen LogP contribution in [0, 0.1) is 13.8 Å². The minimum atomic E-state index is -0.00874. The highest BCUT2D eigenvalue weighted by molar-refractivity contribution is 7.98. The van der Waals surface area contributed by atoms with Crippen molar-refractivity contribution in [3.05, 3.63) is 46.8 Å². The van der Waals surface area contributed by atoms with E-state index in [-0.39, 0.29) is 5.91 Å². The number of hydrogen-bond acceptors (Lipinski definition) is 5. The zero-order chi connectivity index (χ0) is 16.9. The number of carbonyl (C=O) groups excluding carboxylic acids is 1. The van der Waals surface area contributed by atoms with E-state index in [1.165, 1.54) is 6.42 Å². The molecule has 128 valence electrons. The Labute approximate surface area is 146 Å². The first kappa shape index (κ1) is 17.0. The number of rotatable bonds is 6. The predicted octanol–water partition coefficient (Wildman–Crippen LogP) is 3.07. The number of aryl methyl sites for hydroxylation is 2. The molecule has 2 heterocycles. The molecule has 0 bridgehead atoms. The summed E-state index contributed by atoms with van der Waals surface area (Å²) in [5, 5.41) is 10.4. The van der Waals surface area contributed by atoms with E-state index in [1.54, 1.807) is 11.8 Å². The predicted molar refractivity (Wildman–Crippen MR) is 95.3 cm³/mol. The molecule has 1 unspecified atom stereocenters. The molecule has 0 aliphatic carbocycles. The Hall–Kier alpha value is -1.79. The Morgan fingerprint density at radius 3 is 2.96 bits per heavy atom. The fraction of sp³-hybridized carbons (Fsp3) is 0.444. The van der Waals surface area contributed by atoms with Crippen molar-refractivity contribution < 1.29 is 9.32 Å². The van der Waals surface area contributed by atoms with E-state index in [2.05, 4.69) is 15.8 Å². The molecule has 2 N–H and O–H groups in total. The van der Waals surface area contributed by atoms with Gasteiger partial charge in [-0.2, -0.15) is 0 Å². The number of thioether (sulfide) groups is 1. The van der Waals surface area contributed by atoms with Gasteiger partial charge in [0.1, 0.15) is 5.76 Å². The fourth-order valence-electron chi connectivity index (χ4n) is 2.88. The number of amides is 1. The van der Waals surface area contributed by atoms with Crippen molar-refractivity contribution in [2.75, 3.05) is 13.1 Å². The summed E-state index contributed by atoms with van der Waals surface area (Å²) in [6.07, 6.45) is 2.31. The van der Waals surface area contributed by atoms with Crippen molar-refractivity contribution in [1.82, 2.24) is 15.8 Å². The van der Waals surface area contributed by atoms with E-state index in [0.717, 1.165) is 46.2 Å². The summed E-state index contributed by atoms with van der Waals surface area (Å²) in [6, 6.07) is 8.14. The van der Waals surface area contributed by atoms with E-state index in [0.29, 0.717) is 12.6 Å². The molecule has 1 atom stereocenters. The topological polar surface area (TPSA) is 67.2 Å². The van der Waals surface area contributed by atoms with Crippen LogP contribution in [0.15, 0.2) is 33.7 Å². The molecule has 1 aliphatic rings. The van der Waals surface area contributed by atoms with Crippen LogP contribution in [0.1, 0.15) is 40.2 Å². The van der Waals surface area contributed by atoms with E-state index in [1.807, 2.05) is 38.1 Å². The van der Waals surface area contributed by atoms with E-state index < -0.39 is 0 Å². The van der Waals surface area contributed by atoms with Crippen LogP contribution < -0.4 is 10.6 Å². The van der Waals surface area contributed by atoms with Gasteiger partial charge in [0.05, 0.1) is 11.3 Å². The molecule has 3 rings (SSSR count). The molecule has 1 aliphatic heterocycles. The highest BCUT2D eigenvalue weighted by atomic mass is 32.2. The lowest BCUT2D eigenvalue weighted by molar-refractivity contribution is 0.0947. The first-order valence-electron chi connectivity index (χ1n) is 8.30.